The van der Waals surface area contributed by atoms with E-state index in [1.807, 2.05) is 18.0 Å². The van der Waals surface area contributed by atoms with Gasteiger partial charge in [0, 0.05) is 13.1 Å². The van der Waals surface area contributed by atoms with Crippen LogP contribution in [-0.2, 0) is 4.79 Å². The van der Waals surface area contributed by atoms with Crippen LogP contribution in [0.3, 0.4) is 0 Å². The first-order chi connectivity index (χ1) is 9.90. The number of fused-ring (bicyclic) bond motifs is 1. The first-order valence-electron chi connectivity index (χ1n) is 7.39. The van der Waals surface area contributed by atoms with Crippen molar-refractivity contribution in [1.29, 1.82) is 0 Å². The molecular formula is C16H20F2N2O. The van der Waals surface area contributed by atoms with Crippen LogP contribution in [0, 0.1) is 11.2 Å². The highest BCUT2D eigenvalue weighted by molar-refractivity contribution is 5.85. The van der Waals surface area contributed by atoms with Crippen molar-refractivity contribution >= 4 is 5.91 Å². The molecule has 0 spiro atoms. The lowest BCUT2D eigenvalue weighted by Gasteiger charge is -2.27. The highest BCUT2D eigenvalue weighted by atomic mass is 19.1. The summed E-state index contributed by atoms with van der Waals surface area (Å²) in [6.07, 6.45) is 0.0123. The van der Waals surface area contributed by atoms with Crippen LogP contribution in [-0.4, -0.2) is 35.2 Å². The number of hydrazine groups is 1. The van der Waals surface area contributed by atoms with E-state index in [0.717, 1.165) is 18.5 Å². The van der Waals surface area contributed by atoms with Gasteiger partial charge in [0.25, 0.3) is 0 Å². The summed E-state index contributed by atoms with van der Waals surface area (Å²) in [7, 11) is 0. The SMILES string of the molecule is CC(F)C[C@]1(C)CN2CC[C@H](c3cccc(F)c3)N2C1=O. The van der Waals surface area contributed by atoms with Crippen LogP contribution in [0.5, 0.6) is 0 Å². The van der Waals surface area contributed by atoms with Crippen molar-refractivity contribution in [1.82, 2.24) is 10.0 Å². The zero-order valence-corrected chi connectivity index (χ0v) is 12.4. The standard InChI is InChI=1S/C16H20F2N2O/c1-11(17)9-16(2)10-19-7-6-14(20(19)15(16)21)12-4-3-5-13(18)8-12/h3-5,8,11,14H,6-7,9-10H2,1-2H3/t11?,14-,16-/m1/s1. The molecule has 0 aromatic heterocycles. The fraction of sp³-hybridized carbons (Fsp3) is 0.562. The Morgan fingerprint density at radius 2 is 2.24 bits per heavy atom. The molecule has 2 saturated heterocycles. The molecule has 0 saturated carbocycles. The second kappa shape index (κ2) is 5.05. The maximum atomic E-state index is 13.4. The maximum absolute atomic E-state index is 13.4. The van der Waals surface area contributed by atoms with Crippen LogP contribution in [0.25, 0.3) is 0 Å². The number of hydrogen-bond donors (Lipinski definition) is 0. The monoisotopic (exact) mass is 294 g/mol. The number of carbonyl (C=O) groups excluding carboxylic acids is 1. The van der Waals surface area contributed by atoms with Gasteiger partial charge in [-0.05, 0) is 44.4 Å². The minimum Gasteiger partial charge on any atom is -0.273 e. The number of hydrogen-bond acceptors (Lipinski definition) is 2. The third kappa shape index (κ3) is 2.44. The Hall–Kier alpha value is -1.49. The van der Waals surface area contributed by atoms with E-state index in [-0.39, 0.29) is 24.2 Å². The maximum Gasteiger partial charge on any atom is 0.244 e. The van der Waals surface area contributed by atoms with E-state index in [2.05, 4.69) is 0 Å². The number of halogens is 2. The molecule has 114 valence electrons. The summed E-state index contributed by atoms with van der Waals surface area (Å²) in [5.74, 6) is -0.337. The number of carbonyl (C=O) groups is 1. The van der Waals surface area contributed by atoms with E-state index in [0.29, 0.717) is 6.54 Å². The Morgan fingerprint density at radius 3 is 2.90 bits per heavy atom. The molecule has 3 rings (SSSR count). The molecule has 0 aliphatic carbocycles. The molecule has 1 unspecified atom stereocenters. The minimum atomic E-state index is -1.01. The van der Waals surface area contributed by atoms with Gasteiger partial charge in [-0.3, -0.25) is 9.80 Å². The van der Waals surface area contributed by atoms with Crippen LogP contribution < -0.4 is 0 Å². The van der Waals surface area contributed by atoms with Crippen LogP contribution in [0.4, 0.5) is 8.78 Å². The van der Waals surface area contributed by atoms with E-state index in [4.69, 9.17) is 0 Å². The molecule has 5 heteroatoms. The molecule has 3 atom stereocenters. The molecule has 0 N–H and O–H groups in total. The van der Waals surface area contributed by atoms with E-state index < -0.39 is 11.6 Å². The fourth-order valence-electron chi connectivity index (χ4n) is 3.67. The Kier molecular flexibility index (Phi) is 3.48. The lowest BCUT2D eigenvalue weighted by atomic mass is 9.84. The number of benzene rings is 1. The molecule has 1 aromatic rings. The van der Waals surface area contributed by atoms with Crippen molar-refractivity contribution in [2.24, 2.45) is 5.41 Å². The van der Waals surface area contributed by atoms with E-state index in [9.17, 15) is 13.6 Å². The summed E-state index contributed by atoms with van der Waals surface area (Å²) in [4.78, 5) is 12.7. The van der Waals surface area contributed by atoms with Gasteiger partial charge in [-0.15, -0.1) is 0 Å². The topological polar surface area (TPSA) is 23.6 Å². The molecule has 2 aliphatic rings. The first-order valence-corrected chi connectivity index (χ1v) is 7.39. The number of nitrogens with zero attached hydrogens (tertiary/aromatic N) is 2. The molecule has 21 heavy (non-hydrogen) atoms. The third-order valence-corrected chi connectivity index (χ3v) is 4.48. The Balaban J connectivity index is 1.87. The zero-order valence-electron chi connectivity index (χ0n) is 12.4. The number of rotatable bonds is 3. The third-order valence-electron chi connectivity index (χ3n) is 4.48. The highest BCUT2D eigenvalue weighted by Gasteiger charge is 2.53. The van der Waals surface area contributed by atoms with Crippen molar-refractivity contribution < 1.29 is 13.6 Å². The average molecular weight is 294 g/mol. The molecule has 1 aromatic carbocycles. The second-order valence-electron chi connectivity index (χ2n) is 6.44. The van der Waals surface area contributed by atoms with E-state index in [1.165, 1.54) is 19.1 Å². The smallest absolute Gasteiger partial charge is 0.244 e. The van der Waals surface area contributed by atoms with Gasteiger partial charge in [-0.25, -0.2) is 13.8 Å². The molecule has 0 bridgehead atoms. The van der Waals surface area contributed by atoms with E-state index in [1.54, 1.807) is 11.1 Å². The van der Waals surface area contributed by atoms with Crippen LogP contribution in [0.2, 0.25) is 0 Å². The number of alkyl halides is 1. The molecule has 3 nitrogen and oxygen atoms in total. The predicted octanol–water partition coefficient (Wildman–Crippen LogP) is 3.08. The van der Waals surface area contributed by atoms with Gasteiger partial charge >= 0.3 is 0 Å². The average Bonchev–Trinajstić information content (AvgIpc) is 2.89. The van der Waals surface area contributed by atoms with Gasteiger partial charge in [-0.1, -0.05) is 12.1 Å². The summed E-state index contributed by atoms with van der Waals surface area (Å²) in [6.45, 7) is 4.61. The van der Waals surface area contributed by atoms with Crippen molar-refractivity contribution in [3.05, 3.63) is 35.6 Å². The first kappa shape index (κ1) is 14.4. The summed E-state index contributed by atoms with van der Waals surface area (Å²) >= 11 is 0. The van der Waals surface area contributed by atoms with Gasteiger partial charge in [-0.2, -0.15) is 0 Å². The van der Waals surface area contributed by atoms with Crippen molar-refractivity contribution in [3.8, 4) is 0 Å². The van der Waals surface area contributed by atoms with Gasteiger partial charge < -0.3 is 0 Å². The van der Waals surface area contributed by atoms with Crippen molar-refractivity contribution in [2.45, 2.75) is 38.9 Å². The fourth-order valence-corrected chi connectivity index (χ4v) is 3.67. The minimum absolute atomic E-state index is 0.0428. The normalized spacial score (nSPS) is 30.8. The predicted molar refractivity (Wildman–Crippen MR) is 75.5 cm³/mol. The Morgan fingerprint density at radius 1 is 1.48 bits per heavy atom. The molecule has 2 fully saturated rings. The second-order valence-corrected chi connectivity index (χ2v) is 6.44. The van der Waals surface area contributed by atoms with Gasteiger partial charge in [0.2, 0.25) is 5.91 Å². The van der Waals surface area contributed by atoms with Gasteiger partial charge in [0.1, 0.15) is 5.82 Å². The highest BCUT2D eigenvalue weighted by Crippen LogP contribution is 2.44. The molecular weight excluding hydrogens is 274 g/mol. The van der Waals surface area contributed by atoms with Crippen molar-refractivity contribution in [2.75, 3.05) is 13.1 Å². The summed E-state index contributed by atoms with van der Waals surface area (Å²) < 4.78 is 26.8. The molecule has 2 aliphatic heterocycles. The van der Waals surface area contributed by atoms with E-state index >= 15 is 0 Å². The molecule has 2 heterocycles. The Labute approximate surface area is 123 Å². The molecule has 1 amide bonds. The number of amides is 1. The van der Waals surface area contributed by atoms with Gasteiger partial charge in [0.05, 0.1) is 17.6 Å². The van der Waals surface area contributed by atoms with Gasteiger partial charge in [0.15, 0.2) is 0 Å². The summed E-state index contributed by atoms with van der Waals surface area (Å²) in [5, 5.41) is 3.71. The van der Waals surface area contributed by atoms with Crippen LogP contribution in [0.1, 0.15) is 38.3 Å². The lowest BCUT2D eigenvalue weighted by molar-refractivity contribution is -0.143. The van der Waals surface area contributed by atoms with Crippen LogP contribution in [0.15, 0.2) is 24.3 Å². The Bertz CT molecular complexity index is 563. The lowest BCUT2D eigenvalue weighted by Crippen LogP contribution is -2.36. The quantitative estimate of drug-likeness (QED) is 0.855. The summed E-state index contributed by atoms with van der Waals surface area (Å²) in [5.41, 5.74) is 0.128. The molecule has 0 radical (unpaired) electrons. The van der Waals surface area contributed by atoms with Crippen molar-refractivity contribution in [3.63, 3.8) is 0 Å². The largest absolute Gasteiger partial charge is 0.273 e. The summed E-state index contributed by atoms with van der Waals surface area (Å²) in [6, 6.07) is 6.26. The van der Waals surface area contributed by atoms with Crippen LogP contribution >= 0.6 is 0 Å². The zero-order chi connectivity index (χ0) is 15.2.